The van der Waals surface area contributed by atoms with E-state index in [1.54, 1.807) is 0 Å². The van der Waals surface area contributed by atoms with Gasteiger partial charge < -0.3 is 5.11 Å². The fraction of sp³-hybridized carbons (Fsp3) is 0.273. The molecule has 0 aliphatic carbocycles. The molecule has 0 aliphatic heterocycles. The minimum absolute atomic E-state index is 0.149. The van der Waals surface area contributed by atoms with Crippen molar-refractivity contribution in [3.8, 4) is 0 Å². The van der Waals surface area contributed by atoms with Crippen molar-refractivity contribution in [3.63, 3.8) is 0 Å². The molecule has 0 atom stereocenters. The Morgan fingerprint density at radius 3 is 2.25 bits per heavy atom. The normalized spacial score (nSPS) is 9.92. The van der Waals surface area contributed by atoms with E-state index in [9.17, 15) is 5.11 Å². The van der Waals surface area contributed by atoms with Crippen LogP contribution in [0.1, 0.15) is 22.3 Å². The second-order valence-electron chi connectivity index (χ2n) is 3.13. The summed E-state index contributed by atoms with van der Waals surface area (Å²) in [5, 5.41) is 9.23. The molecule has 0 unspecified atom stereocenters. The summed E-state index contributed by atoms with van der Waals surface area (Å²) in [5.74, 6) is 0.149. The topological polar surface area (TPSA) is 20.2 Å². The Labute approximate surface area is 73.4 Å². The van der Waals surface area contributed by atoms with Gasteiger partial charge in [-0.15, -0.1) is 0 Å². The van der Waals surface area contributed by atoms with E-state index in [0.717, 1.165) is 11.1 Å². The maximum absolute atomic E-state index is 9.23. The molecule has 0 aromatic heterocycles. The van der Waals surface area contributed by atoms with Crippen molar-refractivity contribution in [1.29, 1.82) is 0 Å². The molecular formula is C11H14O. The molecule has 0 aliphatic rings. The van der Waals surface area contributed by atoms with Gasteiger partial charge in [0.2, 0.25) is 0 Å². The molecule has 64 valence electrons. The summed E-state index contributed by atoms with van der Waals surface area (Å²) in [6, 6.07) is 3.90. The van der Waals surface area contributed by atoms with Gasteiger partial charge >= 0.3 is 0 Å². The SMILES string of the molecule is C=C(O)c1ccc(C)c(C)c1C. The maximum atomic E-state index is 9.23. The maximum Gasteiger partial charge on any atom is 0.115 e. The quantitative estimate of drug-likeness (QED) is 0.629. The number of benzene rings is 1. The molecule has 1 N–H and O–H groups in total. The monoisotopic (exact) mass is 162 g/mol. The summed E-state index contributed by atoms with van der Waals surface area (Å²) >= 11 is 0. The molecule has 0 saturated carbocycles. The van der Waals surface area contributed by atoms with Crippen LogP contribution in [-0.2, 0) is 0 Å². The van der Waals surface area contributed by atoms with Crippen LogP contribution in [0.2, 0.25) is 0 Å². The lowest BCUT2D eigenvalue weighted by molar-refractivity contribution is 0.513. The van der Waals surface area contributed by atoms with Gasteiger partial charge in [0.1, 0.15) is 5.76 Å². The third-order valence-corrected chi connectivity index (χ3v) is 2.37. The summed E-state index contributed by atoms with van der Waals surface area (Å²) in [5.41, 5.74) is 4.43. The van der Waals surface area contributed by atoms with Gasteiger partial charge in [0.15, 0.2) is 0 Å². The lowest BCUT2D eigenvalue weighted by Gasteiger charge is -2.09. The van der Waals surface area contributed by atoms with E-state index >= 15 is 0 Å². The zero-order valence-electron chi connectivity index (χ0n) is 7.81. The number of hydrogen-bond acceptors (Lipinski definition) is 1. The fourth-order valence-corrected chi connectivity index (χ4v) is 1.27. The van der Waals surface area contributed by atoms with Crippen LogP contribution in [0.25, 0.3) is 5.76 Å². The van der Waals surface area contributed by atoms with Crippen LogP contribution in [0.5, 0.6) is 0 Å². The smallest absolute Gasteiger partial charge is 0.115 e. The van der Waals surface area contributed by atoms with Crippen molar-refractivity contribution >= 4 is 5.76 Å². The van der Waals surface area contributed by atoms with Gasteiger partial charge in [-0.05, 0) is 37.5 Å². The molecule has 1 heteroatoms. The third kappa shape index (κ3) is 1.35. The Morgan fingerprint density at radius 2 is 1.75 bits per heavy atom. The summed E-state index contributed by atoms with van der Waals surface area (Å²) in [4.78, 5) is 0. The van der Waals surface area contributed by atoms with Crippen LogP contribution < -0.4 is 0 Å². The fourth-order valence-electron chi connectivity index (χ4n) is 1.27. The highest BCUT2D eigenvalue weighted by molar-refractivity contribution is 5.61. The summed E-state index contributed by atoms with van der Waals surface area (Å²) < 4.78 is 0. The molecule has 0 heterocycles. The van der Waals surface area contributed by atoms with Gasteiger partial charge in [0.05, 0.1) is 0 Å². The number of rotatable bonds is 1. The first-order valence-electron chi connectivity index (χ1n) is 3.99. The van der Waals surface area contributed by atoms with E-state index in [1.165, 1.54) is 11.1 Å². The van der Waals surface area contributed by atoms with Crippen molar-refractivity contribution in [3.05, 3.63) is 41.0 Å². The highest BCUT2D eigenvalue weighted by Gasteiger charge is 2.04. The Balaban J connectivity index is 3.36. The second kappa shape index (κ2) is 3.02. The second-order valence-corrected chi connectivity index (χ2v) is 3.13. The van der Waals surface area contributed by atoms with Crippen LogP contribution in [0.4, 0.5) is 0 Å². The molecule has 0 saturated heterocycles. The molecule has 0 spiro atoms. The number of hydrogen-bond donors (Lipinski definition) is 1. The van der Waals surface area contributed by atoms with Gasteiger partial charge in [-0.1, -0.05) is 18.7 Å². The van der Waals surface area contributed by atoms with Crippen LogP contribution in [0.3, 0.4) is 0 Å². The van der Waals surface area contributed by atoms with Crippen LogP contribution >= 0.6 is 0 Å². The molecule has 1 aromatic rings. The molecule has 0 amide bonds. The first-order chi connectivity index (χ1) is 5.54. The van der Waals surface area contributed by atoms with Crippen LogP contribution in [0, 0.1) is 20.8 Å². The molecule has 0 radical (unpaired) electrons. The standard InChI is InChI=1S/C11H14O/c1-7-5-6-11(10(4)12)9(3)8(7)2/h5-6,12H,4H2,1-3H3. The van der Waals surface area contributed by atoms with E-state index in [0.29, 0.717) is 0 Å². The van der Waals surface area contributed by atoms with E-state index < -0.39 is 0 Å². The Hall–Kier alpha value is -1.24. The largest absolute Gasteiger partial charge is 0.508 e. The number of aliphatic hydroxyl groups is 1. The van der Waals surface area contributed by atoms with Crippen LogP contribution in [-0.4, -0.2) is 5.11 Å². The van der Waals surface area contributed by atoms with Crippen molar-refractivity contribution in [2.75, 3.05) is 0 Å². The highest BCUT2D eigenvalue weighted by Crippen LogP contribution is 2.20. The van der Waals surface area contributed by atoms with Gasteiger partial charge in [-0.2, -0.15) is 0 Å². The Morgan fingerprint density at radius 1 is 1.17 bits per heavy atom. The predicted octanol–water partition coefficient (Wildman–Crippen LogP) is 3.14. The lowest BCUT2D eigenvalue weighted by atomic mass is 9.98. The Bertz CT molecular complexity index is 324. The van der Waals surface area contributed by atoms with Gasteiger partial charge in [-0.25, -0.2) is 0 Å². The third-order valence-electron chi connectivity index (χ3n) is 2.37. The zero-order valence-corrected chi connectivity index (χ0v) is 7.81. The van der Waals surface area contributed by atoms with Crippen LogP contribution in [0.15, 0.2) is 18.7 Å². The van der Waals surface area contributed by atoms with Gasteiger partial charge in [0, 0.05) is 5.56 Å². The first-order valence-corrected chi connectivity index (χ1v) is 3.99. The van der Waals surface area contributed by atoms with E-state index in [2.05, 4.69) is 20.4 Å². The molecule has 12 heavy (non-hydrogen) atoms. The summed E-state index contributed by atoms with van der Waals surface area (Å²) in [7, 11) is 0. The Kier molecular flexibility index (Phi) is 2.22. The van der Waals surface area contributed by atoms with Gasteiger partial charge in [-0.3, -0.25) is 0 Å². The first kappa shape index (κ1) is 8.85. The molecular weight excluding hydrogens is 148 g/mol. The zero-order chi connectivity index (χ0) is 9.30. The molecule has 1 nitrogen and oxygen atoms in total. The minimum atomic E-state index is 0.149. The average Bonchev–Trinajstić information content (AvgIpc) is 2.00. The highest BCUT2D eigenvalue weighted by atomic mass is 16.3. The molecule has 0 bridgehead atoms. The summed E-state index contributed by atoms with van der Waals surface area (Å²) in [6.07, 6.45) is 0. The molecule has 0 fully saturated rings. The van der Waals surface area contributed by atoms with E-state index in [-0.39, 0.29) is 5.76 Å². The van der Waals surface area contributed by atoms with Crippen molar-refractivity contribution in [1.82, 2.24) is 0 Å². The predicted molar refractivity (Wildman–Crippen MR) is 52.3 cm³/mol. The lowest BCUT2D eigenvalue weighted by Crippen LogP contribution is -1.92. The average molecular weight is 162 g/mol. The molecule has 1 aromatic carbocycles. The minimum Gasteiger partial charge on any atom is -0.508 e. The van der Waals surface area contributed by atoms with Gasteiger partial charge in [0.25, 0.3) is 0 Å². The number of aliphatic hydroxyl groups excluding tert-OH is 1. The summed E-state index contributed by atoms with van der Waals surface area (Å²) in [6.45, 7) is 9.63. The molecule has 1 rings (SSSR count). The van der Waals surface area contributed by atoms with Crippen molar-refractivity contribution in [2.45, 2.75) is 20.8 Å². The van der Waals surface area contributed by atoms with Crippen molar-refractivity contribution < 1.29 is 5.11 Å². The van der Waals surface area contributed by atoms with E-state index in [1.807, 2.05) is 19.1 Å². The number of aryl methyl sites for hydroxylation is 1. The van der Waals surface area contributed by atoms with E-state index in [4.69, 9.17) is 0 Å². The van der Waals surface area contributed by atoms with Crippen molar-refractivity contribution in [2.24, 2.45) is 0 Å².